The zero-order valence-electron chi connectivity index (χ0n) is 10.3. The molecule has 5 heteroatoms. The third kappa shape index (κ3) is 2.51. The first-order valence-corrected chi connectivity index (χ1v) is 6.62. The molecule has 19 heavy (non-hydrogen) atoms. The summed E-state index contributed by atoms with van der Waals surface area (Å²) in [5, 5.41) is 1.60. The second-order valence-corrected chi connectivity index (χ2v) is 5.22. The predicted molar refractivity (Wildman–Crippen MR) is 74.6 cm³/mol. The van der Waals surface area contributed by atoms with Gasteiger partial charge in [0.1, 0.15) is 5.03 Å². The summed E-state index contributed by atoms with van der Waals surface area (Å²) in [6.45, 7) is 2.05. The van der Waals surface area contributed by atoms with Crippen molar-refractivity contribution in [3.05, 3.63) is 47.7 Å². The topological polar surface area (TPSA) is 58.6 Å². The van der Waals surface area contributed by atoms with Gasteiger partial charge in [-0.3, -0.25) is 4.79 Å². The first-order chi connectivity index (χ1) is 9.24. The van der Waals surface area contributed by atoms with Crippen LogP contribution < -0.4 is 0 Å². The van der Waals surface area contributed by atoms with Gasteiger partial charge in [0.15, 0.2) is 11.4 Å². The minimum absolute atomic E-state index is 0.574. The van der Waals surface area contributed by atoms with Gasteiger partial charge in [-0.15, -0.1) is 0 Å². The molecule has 1 N–H and O–H groups in total. The van der Waals surface area contributed by atoms with Crippen molar-refractivity contribution in [1.29, 1.82) is 0 Å². The van der Waals surface area contributed by atoms with Crippen LogP contribution in [0.1, 0.15) is 15.9 Å². The Bertz CT molecular complexity index is 734. The quantitative estimate of drug-likeness (QED) is 0.742. The van der Waals surface area contributed by atoms with Gasteiger partial charge >= 0.3 is 0 Å². The number of hydrogen-bond acceptors (Lipinski definition) is 4. The van der Waals surface area contributed by atoms with Gasteiger partial charge in [-0.1, -0.05) is 6.07 Å². The van der Waals surface area contributed by atoms with Crippen molar-refractivity contribution in [2.75, 3.05) is 0 Å². The Hall–Kier alpha value is -2.14. The van der Waals surface area contributed by atoms with Gasteiger partial charge in [0, 0.05) is 11.8 Å². The van der Waals surface area contributed by atoms with Crippen LogP contribution >= 0.6 is 11.8 Å². The van der Waals surface area contributed by atoms with E-state index in [9.17, 15) is 4.79 Å². The molecule has 0 radical (unpaired) electrons. The number of aryl methyl sites for hydroxylation is 1. The van der Waals surface area contributed by atoms with Crippen LogP contribution in [0.2, 0.25) is 0 Å². The van der Waals surface area contributed by atoms with Crippen molar-refractivity contribution in [3.63, 3.8) is 0 Å². The van der Waals surface area contributed by atoms with Gasteiger partial charge < -0.3 is 4.98 Å². The summed E-state index contributed by atoms with van der Waals surface area (Å²) in [5.74, 6) is 0. The monoisotopic (exact) mass is 269 g/mol. The maximum Gasteiger partial charge on any atom is 0.172 e. The number of carbonyl (C=O) groups is 1. The molecular weight excluding hydrogens is 258 g/mol. The van der Waals surface area contributed by atoms with Crippen LogP contribution in [-0.2, 0) is 0 Å². The Morgan fingerprint density at radius 2 is 2.16 bits per heavy atom. The molecule has 94 valence electrons. The maximum absolute atomic E-state index is 10.6. The molecule has 0 fully saturated rings. The summed E-state index contributed by atoms with van der Waals surface area (Å²) in [5.41, 5.74) is 3.73. The van der Waals surface area contributed by atoms with E-state index >= 15 is 0 Å². The Kier molecular flexibility index (Phi) is 3.05. The van der Waals surface area contributed by atoms with Crippen molar-refractivity contribution >= 4 is 29.1 Å². The molecule has 4 nitrogen and oxygen atoms in total. The fourth-order valence-electron chi connectivity index (χ4n) is 1.77. The number of rotatable bonds is 3. The zero-order valence-corrected chi connectivity index (χ0v) is 11.1. The number of hydrogen-bond donors (Lipinski definition) is 1. The number of carbonyl (C=O) groups excluding carboxylic acids is 1. The molecule has 0 aliphatic carbocycles. The van der Waals surface area contributed by atoms with Gasteiger partial charge in [0.05, 0.1) is 11.0 Å². The lowest BCUT2D eigenvalue weighted by molar-refractivity contribution is 0.112. The van der Waals surface area contributed by atoms with E-state index < -0.39 is 0 Å². The number of aromatic amines is 1. The molecular formula is C14H11N3OS. The summed E-state index contributed by atoms with van der Waals surface area (Å²) in [7, 11) is 0. The molecule has 0 aliphatic rings. The first kappa shape index (κ1) is 11.9. The minimum atomic E-state index is 0.574. The van der Waals surface area contributed by atoms with Crippen molar-refractivity contribution in [2.24, 2.45) is 0 Å². The molecule has 3 rings (SSSR count). The molecule has 0 atom stereocenters. The highest BCUT2D eigenvalue weighted by Crippen LogP contribution is 2.25. The zero-order chi connectivity index (χ0) is 13.2. The number of H-pyrrole nitrogens is 1. The molecule has 0 saturated heterocycles. The van der Waals surface area contributed by atoms with Crippen LogP contribution in [0.3, 0.4) is 0 Å². The number of nitrogens with one attached hydrogen (secondary N) is 1. The lowest BCUT2D eigenvalue weighted by atomic mass is 10.2. The fraction of sp³-hybridized carbons (Fsp3) is 0.0714. The van der Waals surface area contributed by atoms with Crippen LogP contribution in [0.5, 0.6) is 0 Å². The van der Waals surface area contributed by atoms with Crippen molar-refractivity contribution in [1.82, 2.24) is 15.0 Å². The van der Waals surface area contributed by atoms with E-state index in [1.165, 1.54) is 17.3 Å². The molecule has 0 bridgehead atoms. The van der Waals surface area contributed by atoms with E-state index in [0.717, 1.165) is 27.5 Å². The molecule has 0 aliphatic heterocycles. The predicted octanol–water partition coefficient (Wildman–Crippen LogP) is 3.23. The number of imidazole rings is 1. The second kappa shape index (κ2) is 4.85. The lowest BCUT2D eigenvalue weighted by Crippen LogP contribution is -1.84. The lowest BCUT2D eigenvalue weighted by Gasteiger charge is -1.96. The minimum Gasteiger partial charge on any atom is -0.333 e. The van der Waals surface area contributed by atoms with Crippen LogP contribution in [0.25, 0.3) is 11.0 Å². The van der Waals surface area contributed by atoms with Crippen LogP contribution in [0.15, 0.2) is 46.7 Å². The Morgan fingerprint density at radius 3 is 2.89 bits per heavy atom. The molecule has 2 heterocycles. The van der Waals surface area contributed by atoms with E-state index in [1.807, 2.05) is 25.1 Å². The average molecular weight is 269 g/mol. The van der Waals surface area contributed by atoms with E-state index in [-0.39, 0.29) is 0 Å². The van der Waals surface area contributed by atoms with Crippen LogP contribution in [0.4, 0.5) is 0 Å². The molecule has 3 aromatic rings. The van der Waals surface area contributed by atoms with Gasteiger partial charge in [0.2, 0.25) is 0 Å². The van der Waals surface area contributed by atoms with E-state index in [0.29, 0.717) is 5.56 Å². The molecule has 0 unspecified atom stereocenters. The summed E-state index contributed by atoms with van der Waals surface area (Å²) in [4.78, 5) is 22.5. The number of aldehydes is 1. The Labute approximate surface area is 114 Å². The summed E-state index contributed by atoms with van der Waals surface area (Å²) < 4.78 is 0. The highest BCUT2D eigenvalue weighted by atomic mass is 32.2. The van der Waals surface area contributed by atoms with Crippen LogP contribution in [0, 0.1) is 6.92 Å². The van der Waals surface area contributed by atoms with Crippen molar-refractivity contribution < 1.29 is 4.79 Å². The fourth-order valence-corrected chi connectivity index (χ4v) is 2.51. The largest absolute Gasteiger partial charge is 0.333 e. The number of aromatic nitrogens is 3. The number of fused-ring (bicyclic) bond motifs is 1. The van der Waals surface area contributed by atoms with Gasteiger partial charge in [0.25, 0.3) is 0 Å². The third-order valence-corrected chi connectivity index (χ3v) is 3.55. The second-order valence-electron chi connectivity index (χ2n) is 4.21. The standard InChI is InChI=1S/C14H11N3OS/c1-9-2-4-11-12(6-9)17-14(16-11)19-13-5-3-10(8-18)7-15-13/h2-8H,1H3,(H,16,17). The first-order valence-electron chi connectivity index (χ1n) is 5.80. The SMILES string of the molecule is Cc1ccc2nc(Sc3ccc(C=O)cn3)[nH]c2c1. The Morgan fingerprint density at radius 1 is 1.26 bits per heavy atom. The third-order valence-electron chi connectivity index (χ3n) is 2.71. The van der Waals surface area contributed by atoms with E-state index in [4.69, 9.17) is 0 Å². The molecule has 0 saturated carbocycles. The molecule has 0 amide bonds. The molecule has 2 aromatic heterocycles. The number of pyridine rings is 1. The smallest absolute Gasteiger partial charge is 0.172 e. The number of nitrogens with zero attached hydrogens (tertiary/aromatic N) is 2. The Balaban J connectivity index is 1.89. The highest BCUT2D eigenvalue weighted by Gasteiger charge is 2.05. The number of benzene rings is 1. The van der Waals surface area contributed by atoms with Crippen molar-refractivity contribution in [3.8, 4) is 0 Å². The molecule has 1 aromatic carbocycles. The highest BCUT2D eigenvalue weighted by molar-refractivity contribution is 7.99. The van der Waals surface area contributed by atoms with E-state index in [2.05, 4.69) is 21.0 Å². The summed E-state index contributed by atoms with van der Waals surface area (Å²) in [6.07, 6.45) is 2.34. The van der Waals surface area contributed by atoms with Gasteiger partial charge in [-0.2, -0.15) is 0 Å². The average Bonchev–Trinajstić information content (AvgIpc) is 2.81. The van der Waals surface area contributed by atoms with E-state index in [1.54, 1.807) is 12.3 Å². The maximum atomic E-state index is 10.6. The van der Waals surface area contributed by atoms with Gasteiger partial charge in [-0.05, 0) is 48.5 Å². The molecule has 0 spiro atoms. The summed E-state index contributed by atoms with van der Waals surface area (Å²) >= 11 is 1.44. The normalized spacial score (nSPS) is 10.8. The van der Waals surface area contributed by atoms with Gasteiger partial charge in [-0.25, -0.2) is 9.97 Å². The van der Waals surface area contributed by atoms with Crippen molar-refractivity contribution in [2.45, 2.75) is 17.1 Å². The summed E-state index contributed by atoms with van der Waals surface area (Å²) in [6, 6.07) is 9.65. The van der Waals surface area contributed by atoms with Crippen LogP contribution in [-0.4, -0.2) is 21.2 Å².